The minimum absolute atomic E-state index is 0.505. The van der Waals surface area contributed by atoms with Gasteiger partial charge in [-0.1, -0.05) is 11.6 Å². The van der Waals surface area contributed by atoms with Crippen molar-refractivity contribution in [2.45, 2.75) is 18.4 Å². The lowest BCUT2D eigenvalue weighted by Crippen LogP contribution is -2.57. The number of carbonyl (C=O) groups is 1. The molecular weight excluding hydrogens is 252 g/mol. The normalized spacial score (nSPS) is 24.8. The Morgan fingerprint density at radius 1 is 1.44 bits per heavy atom. The van der Waals surface area contributed by atoms with Crippen molar-refractivity contribution in [2.75, 3.05) is 25.5 Å². The van der Waals surface area contributed by atoms with E-state index >= 15 is 0 Å². The third kappa shape index (κ3) is 2.76. The number of halogens is 1. The fourth-order valence-corrected chi connectivity index (χ4v) is 2.54. The van der Waals surface area contributed by atoms with Gasteiger partial charge >= 0.3 is 5.97 Å². The number of carboxylic acid groups (broad SMARTS) is 1. The fraction of sp³-hybridized carbons (Fsp3) is 0.462. The van der Waals surface area contributed by atoms with E-state index in [1.165, 1.54) is 0 Å². The summed E-state index contributed by atoms with van der Waals surface area (Å²) in [6.45, 7) is 1.45. The van der Waals surface area contributed by atoms with Crippen molar-refractivity contribution in [1.29, 1.82) is 0 Å². The lowest BCUT2D eigenvalue weighted by atomic mass is 9.89. The molecule has 1 unspecified atom stereocenters. The van der Waals surface area contributed by atoms with E-state index in [-0.39, 0.29) is 0 Å². The Morgan fingerprint density at radius 2 is 2.11 bits per heavy atom. The summed E-state index contributed by atoms with van der Waals surface area (Å²) in [7, 11) is 1.94. The number of aliphatic carboxylic acids is 1. The summed E-state index contributed by atoms with van der Waals surface area (Å²) in [6, 6.07) is 7.13. The first-order valence-electron chi connectivity index (χ1n) is 5.97. The van der Waals surface area contributed by atoms with Crippen LogP contribution in [-0.2, 0) is 4.79 Å². The maximum atomic E-state index is 11.6. The molecule has 5 heteroatoms. The summed E-state index contributed by atoms with van der Waals surface area (Å²) >= 11 is 5.82. The van der Waals surface area contributed by atoms with Gasteiger partial charge in [0, 0.05) is 17.3 Å². The van der Waals surface area contributed by atoms with Crippen molar-refractivity contribution in [1.82, 2.24) is 4.90 Å². The second kappa shape index (κ2) is 5.16. The Kier molecular flexibility index (Phi) is 3.78. The first-order valence-corrected chi connectivity index (χ1v) is 6.35. The van der Waals surface area contributed by atoms with Crippen LogP contribution in [0.3, 0.4) is 0 Å². The highest BCUT2D eigenvalue weighted by molar-refractivity contribution is 6.30. The molecular formula is C13H17ClN2O2. The van der Waals surface area contributed by atoms with Gasteiger partial charge in [-0.3, -0.25) is 0 Å². The predicted octanol–water partition coefficient (Wildman–Crippen LogP) is 2.30. The van der Waals surface area contributed by atoms with Crippen molar-refractivity contribution in [3.63, 3.8) is 0 Å². The molecule has 0 aromatic heterocycles. The molecule has 1 atom stereocenters. The molecule has 0 bridgehead atoms. The number of hydrogen-bond donors (Lipinski definition) is 2. The van der Waals surface area contributed by atoms with Crippen LogP contribution in [0, 0.1) is 0 Å². The van der Waals surface area contributed by atoms with E-state index in [1.54, 1.807) is 12.1 Å². The highest BCUT2D eigenvalue weighted by Gasteiger charge is 2.41. The average molecular weight is 269 g/mol. The Morgan fingerprint density at radius 3 is 2.67 bits per heavy atom. The first-order chi connectivity index (χ1) is 8.52. The topological polar surface area (TPSA) is 52.6 Å². The second-order valence-corrected chi connectivity index (χ2v) is 5.30. The largest absolute Gasteiger partial charge is 0.479 e. The van der Waals surface area contributed by atoms with Gasteiger partial charge in [0.1, 0.15) is 5.54 Å². The molecule has 1 fully saturated rings. The second-order valence-electron chi connectivity index (χ2n) is 4.86. The third-order valence-corrected chi connectivity index (χ3v) is 3.57. The van der Waals surface area contributed by atoms with E-state index in [2.05, 4.69) is 5.32 Å². The average Bonchev–Trinajstić information content (AvgIpc) is 2.32. The number of anilines is 1. The standard InChI is InChI=1S/C13H17ClN2O2/c1-16-8-2-7-13(9-16,12(17)18)15-11-5-3-10(14)4-6-11/h3-6,15H,2,7-9H2,1H3,(H,17,18). The summed E-state index contributed by atoms with van der Waals surface area (Å²) in [6.07, 6.45) is 1.51. The van der Waals surface area contributed by atoms with E-state index in [9.17, 15) is 9.90 Å². The van der Waals surface area contributed by atoms with E-state index in [1.807, 2.05) is 24.1 Å². The molecule has 1 aliphatic rings. The Bertz CT molecular complexity index is 435. The molecule has 1 heterocycles. The first kappa shape index (κ1) is 13.2. The number of nitrogens with zero attached hydrogens (tertiary/aromatic N) is 1. The number of likely N-dealkylation sites (N-methyl/N-ethyl adjacent to an activating group) is 1. The molecule has 0 saturated carbocycles. The zero-order valence-corrected chi connectivity index (χ0v) is 11.1. The molecule has 0 spiro atoms. The molecule has 18 heavy (non-hydrogen) atoms. The van der Waals surface area contributed by atoms with E-state index in [0.717, 1.165) is 18.7 Å². The van der Waals surface area contributed by atoms with Crippen LogP contribution in [0.25, 0.3) is 0 Å². The smallest absolute Gasteiger partial charge is 0.330 e. The zero-order chi connectivity index (χ0) is 13.2. The maximum Gasteiger partial charge on any atom is 0.330 e. The lowest BCUT2D eigenvalue weighted by molar-refractivity contribution is -0.144. The minimum Gasteiger partial charge on any atom is -0.479 e. The Labute approximate surface area is 112 Å². The quantitative estimate of drug-likeness (QED) is 0.883. The molecule has 2 rings (SSSR count). The van der Waals surface area contributed by atoms with Crippen molar-refractivity contribution in [2.24, 2.45) is 0 Å². The molecule has 2 N–H and O–H groups in total. The summed E-state index contributed by atoms with van der Waals surface area (Å²) in [5.41, 5.74) is -0.113. The molecule has 1 saturated heterocycles. The monoisotopic (exact) mass is 268 g/mol. The van der Waals surface area contributed by atoms with Crippen LogP contribution in [-0.4, -0.2) is 41.7 Å². The molecule has 4 nitrogen and oxygen atoms in total. The molecule has 98 valence electrons. The van der Waals surface area contributed by atoms with Crippen LogP contribution < -0.4 is 5.32 Å². The number of likely N-dealkylation sites (tertiary alicyclic amines) is 1. The number of carboxylic acids is 1. The fourth-order valence-electron chi connectivity index (χ4n) is 2.41. The van der Waals surface area contributed by atoms with E-state index in [4.69, 9.17) is 11.6 Å². The van der Waals surface area contributed by atoms with Gasteiger partial charge in [-0.15, -0.1) is 0 Å². The predicted molar refractivity (Wildman–Crippen MR) is 72.2 cm³/mol. The van der Waals surface area contributed by atoms with Crippen LogP contribution in [0.2, 0.25) is 5.02 Å². The van der Waals surface area contributed by atoms with E-state index in [0.29, 0.717) is 18.0 Å². The van der Waals surface area contributed by atoms with Gasteiger partial charge in [0.15, 0.2) is 0 Å². The van der Waals surface area contributed by atoms with Gasteiger partial charge in [0.2, 0.25) is 0 Å². The molecule has 1 aromatic carbocycles. The highest BCUT2D eigenvalue weighted by Crippen LogP contribution is 2.26. The van der Waals surface area contributed by atoms with Crippen LogP contribution in [0.4, 0.5) is 5.69 Å². The van der Waals surface area contributed by atoms with Gasteiger partial charge in [-0.25, -0.2) is 4.79 Å². The summed E-state index contributed by atoms with van der Waals surface area (Å²) < 4.78 is 0. The Hall–Kier alpha value is -1.26. The van der Waals surface area contributed by atoms with E-state index < -0.39 is 11.5 Å². The molecule has 0 aliphatic carbocycles. The van der Waals surface area contributed by atoms with Gasteiger partial charge in [-0.2, -0.15) is 0 Å². The maximum absolute atomic E-state index is 11.6. The van der Waals surface area contributed by atoms with Gasteiger partial charge < -0.3 is 15.3 Å². The number of hydrogen-bond acceptors (Lipinski definition) is 3. The SMILES string of the molecule is CN1CCCC(Nc2ccc(Cl)cc2)(C(=O)O)C1. The third-order valence-electron chi connectivity index (χ3n) is 3.32. The summed E-state index contributed by atoms with van der Waals surface area (Å²) in [4.78, 5) is 13.6. The molecule has 0 amide bonds. The van der Waals surface area contributed by atoms with Crippen molar-refractivity contribution < 1.29 is 9.90 Å². The number of nitrogens with one attached hydrogen (secondary N) is 1. The van der Waals surface area contributed by atoms with Crippen LogP contribution in [0.15, 0.2) is 24.3 Å². The summed E-state index contributed by atoms with van der Waals surface area (Å²) in [5, 5.41) is 13.3. The van der Waals surface area contributed by atoms with Crippen LogP contribution in [0.5, 0.6) is 0 Å². The lowest BCUT2D eigenvalue weighted by Gasteiger charge is -2.39. The molecule has 1 aliphatic heterocycles. The summed E-state index contributed by atoms with van der Waals surface area (Å²) in [5.74, 6) is -0.802. The van der Waals surface area contributed by atoms with Crippen molar-refractivity contribution >= 4 is 23.3 Å². The number of piperidine rings is 1. The van der Waals surface area contributed by atoms with Gasteiger partial charge in [-0.05, 0) is 50.7 Å². The van der Waals surface area contributed by atoms with Crippen molar-refractivity contribution in [3.8, 4) is 0 Å². The number of benzene rings is 1. The van der Waals surface area contributed by atoms with Crippen LogP contribution >= 0.6 is 11.6 Å². The molecule has 1 aromatic rings. The minimum atomic E-state index is -0.902. The van der Waals surface area contributed by atoms with Crippen molar-refractivity contribution in [3.05, 3.63) is 29.3 Å². The van der Waals surface area contributed by atoms with Gasteiger partial charge in [0.05, 0.1) is 0 Å². The zero-order valence-electron chi connectivity index (χ0n) is 10.3. The molecule has 0 radical (unpaired) electrons. The number of rotatable bonds is 3. The van der Waals surface area contributed by atoms with Gasteiger partial charge in [0.25, 0.3) is 0 Å². The highest BCUT2D eigenvalue weighted by atomic mass is 35.5. The van der Waals surface area contributed by atoms with Crippen LogP contribution in [0.1, 0.15) is 12.8 Å². The Balaban J connectivity index is 2.20.